The van der Waals surface area contributed by atoms with Crippen molar-refractivity contribution in [3.8, 4) is 0 Å². The highest BCUT2D eigenvalue weighted by molar-refractivity contribution is 7.16. The van der Waals surface area contributed by atoms with Crippen LogP contribution in [-0.4, -0.2) is 30.4 Å². The van der Waals surface area contributed by atoms with Gasteiger partial charge < -0.3 is 4.90 Å². The molecule has 3 nitrogen and oxygen atoms in total. The Morgan fingerprint density at radius 3 is 2.86 bits per heavy atom. The Hall–Kier alpha value is -1.36. The van der Waals surface area contributed by atoms with Gasteiger partial charge in [-0.1, -0.05) is 29.8 Å². The molecule has 3 rings (SSSR count). The molecular weight excluding hydrogens is 316 g/mol. The van der Waals surface area contributed by atoms with Crippen molar-refractivity contribution < 1.29 is 4.79 Å². The van der Waals surface area contributed by atoms with E-state index < -0.39 is 0 Å². The van der Waals surface area contributed by atoms with Gasteiger partial charge in [-0.25, -0.2) is 0 Å². The van der Waals surface area contributed by atoms with Gasteiger partial charge in [0, 0.05) is 23.7 Å². The molecule has 0 N–H and O–H groups in total. The highest BCUT2D eigenvalue weighted by Gasteiger charge is 2.29. The summed E-state index contributed by atoms with van der Waals surface area (Å²) in [5.74, 6) is 0.162. The number of anilines is 1. The molecule has 0 spiro atoms. The summed E-state index contributed by atoms with van der Waals surface area (Å²) in [6, 6.07) is 11.9. The molecule has 0 aliphatic carbocycles. The largest absolute Gasteiger partial charge is 0.310 e. The molecular formula is C17H19ClN2OS. The second-order valence-corrected chi connectivity index (χ2v) is 7.47. The van der Waals surface area contributed by atoms with Crippen LogP contribution < -0.4 is 4.90 Å². The van der Waals surface area contributed by atoms with E-state index in [9.17, 15) is 4.79 Å². The summed E-state index contributed by atoms with van der Waals surface area (Å²) in [4.78, 5) is 18.0. The van der Waals surface area contributed by atoms with Gasteiger partial charge in [0.05, 0.1) is 10.4 Å². The fourth-order valence-electron chi connectivity index (χ4n) is 2.80. The fourth-order valence-corrected chi connectivity index (χ4v) is 3.95. The molecule has 1 amide bonds. The zero-order chi connectivity index (χ0) is 15.7. The summed E-state index contributed by atoms with van der Waals surface area (Å²) in [6.45, 7) is 3.49. The minimum atomic E-state index is -0.160. The van der Waals surface area contributed by atoms with Crippen molar-refractivity contribution in [3.05, 3.63) is 51.2 Å². The third-order valence-electron chi connectivity index (χ3n) is 4.21. The quantitative estimate of drug-likeness (QED) is 0.848. The van der Waals surface area contributed by atoms with Gasteiger partial charge >= 0.3 is 0 Å². The maximum atomic E-state index is 12.8. The fraction of sp³-hybridized carbons (Fsp3) is 0.353. The van der Waals surface area contributed by atoms with Crippen LogP contribution >= 0.6 is 22.9 Å². The van der Waals surface area contributed by atoms with Crippen molar-refractivity contribution in [2.24, 2.45) is 0 Å². The van der Waals surface area contributed by atoms with Crippen LogP contribution in [0.5, 0.6) is 0 Å². The molecule has 0 fully saturated rings. The molecule has 0 radical (unpaired) electrons. The van der Waals surface area contributed by atoms with Gasteiger partial charge in [-0.15, -0.1) is 11.3 Å². The van der Waals surface area contributed by atoms with Crippen molar-refractivity contribution in [3.63, 3.8) is 0 Å². The van der Waals surface area contributed by atoms with Crippen molar-refractivity contribution in [1.29, 1.82) is 0 Å². The van der Waals surface area contributed by atoms with Crippen molar-refractivity contribution in [2.45, 2.75) is 25.9 Å². The lowest BCUT2D eigenvalue weighted by Crippen LogP contribution is -2.44. The molecule has 22 heavy (non-hydrogen) atoms. The molecule has 116 valence electrons. The zero-order valence-corrected chi connectivity index (χ0v) is 14.3. The average molecular weight is 335 g/mol. The van der Waals surface area contributed by atoms with Gasteiger partial charge in [0.25, 0.3) is 0 Å². The zero-order valence-electron chi connectivity index (χ0n) is 12.8. The van der Waals surface area contributed by atoms with Gasteiger partial charge in [-0.05, 0) is 44.2 Å². The number of rotatable bonds is 4. The maximum Gasteiger partial charge on any atom is 0.244 e. The van der Waals surface area contributed by atoms with Crippen LogP contribution in [0.15, 0.2) is 36.4 Å². The number of hydrogen-bond donors (Lipinski definition) is 0. The normalized spacial score (nSPS) is 15.2. The number of nitrogens with zero attached hydrogens (tertiary/aromatic N) is 2. The number of likely N-dealkylation sites (N-methyl/N-ethyl adjacent to an activating group) is 1. The Bertz CT molecular complexity index is 685. The highest BCUT2D eigenvalue weighted by atomic mass is 35.5. The van der Waals surface area contributed by atoms with Gasteiger partial charge in [-0.2, -0.15) is 0 Å². The van der Waals surface area contributed by atoms with Crippen LogP contribution in [0, 0.1) is 0 Å². The molecule has 1 aromatic carbocycles. The molecule has 0 saturated carbocycles. The number of carbonyl (C=O) groups is 1. The Kier molecular flexibility index (Phi) is 4.52. The van der Waals surface area contributed by atoms with E-state index in [0.717, 1.165) is 29.5 Å². The molecule has 1 aromatic heterocycles. The molecule has 2 aromatic rings. The summed E-state index contributed by atoms with van der Waals surface area (Å²) in [7, 11) is 1.98. The monoisotopic (exact) mass is 334 g/mol. The minimum Gasteiger partial charge on any atom is -0.310 e. The van der Waals surface area contributed by atoms with Crippen molar-refractivity contribution >= 4 is 34.5 Å². The summed E-state index contributed by atoms with van der Waals surface area (Å²) in [5.41, 5.74) is 2.32. The number of hydrogen-bond acceptors (Lipinski definition) is 3. The number of carbonyl (C=O) groups excluding carboxylic acids is 1. The van der Waals surface area contributed by atoms with Crippen molar-refractivity contribution in [1.82, 2.24) is 4.90 Å². The van der Waals surface area contributed by atoms with E-state index in [1.165, 1.54) is 10.4 Å². The minimum absolute atomic E-state index is 0.160. The Morgan fingerprint density at radius 1 is 1.36 bits per heavy atom. The van der Waals surface area contributed by atoms with Gasteiger partial charge in [0.2, 0.25) is 5.91 Å². The first kappa shape index (κ1) is 15.5. The molecule has 1 unspecified atom stereocenters. The Morgan fingerprint density at radius 2 is 2.14 bits per heavy atom. The number of halogens is 1. The van der Waals surface area contributed by atoms with E-state index in [-0.39, 0.29) is 11.9 Å². The van der Waals surface area contributed by atoms with Crippen LogP contribution in [0.1, 0.15) is 17.4 Å². The number of fused-ring (bicyclic) bond motifs is 1. The first-order valence-corrected chi connectivity index (χ1v) is 8.59. The van der Waals surface area contributed by atoms with Crippen molar-refractivity contribution in [2.75, 3.05) is 18.5 Å². The smallest absolute Gasteiger partial charge is 0.244 e. The third kappa shape index (κ3) is 3.05. The van der Waals surface area contributed by atoms with Crippen LogP contribution in [0.4, 0.5) is 5.69 Å². The van der Waals surface area contributed by atoms with E-state index in [0.29, 0.717) is 0 Å². The molecule has 0 bridgehead atoms. The number of thiophene rings is 1. The lowest BCUT2D eigenvalue weighted by molar-refractivity contribution is -0.122. The average Bonchev–Trinajstić information content (AvgIpc) is 3.12. The maximum absolute atomic E-state index is 12.8. The van der Waals surface area contributed by atoms with E-state index in [2.05, 4.69) is 11.0 Å². The van der Waals surface area contributed by atoms with Crippen LogP contribution in [0.2, 0.25) is 4.34 Å². The molecule has 1 aliphatic heterocycles. The number of para-hydroxylation sites is 1. The second kappa shape index (κ2) is 6.41. The third-order valence-corrected chi connectivity index (χ3v) is 5.42. The van der Waals surface area contributed by atoms with Crippen LogP contribution in [0.25, 0.3) is 0 Å². The summed E-state index contributed by atoms with van der Waals surface area (Å²) in [5, 5.41) is 0. The van der Waals surface area contributed by atoms with Gasteiger partial charge in [0.1, 0.15) is 0 Å². The van der Waals surface area contributed by atoms with E-state index >= 15 is 0 Å². The Balaban J connectivity index is 1.69. The molecule has 1 aliphatic rings. The number of benzene rings is 1. The lowest BCUT2D eigenvalue weighted by atomic mass is 10.2. The first-order valence-electron chi connectivity index (χ1n) is 7.40. The molecule has 5 heteroatoms. The van der Waals surface area contributed by atoms with E-state index in [4.69, 9.17) is 11.6 Å². The SMILES string of the molecule is CC(C(=O)N1CCc2ccccc21)N(C)Cc1ccc(Cl)s1. The molecule has 1 atom stereocenters. The predicted octanol–water partition coefficient (Wildman–Crippen LogP) is 3.81. The molecule has 0 saturated heterocycles. The van der Waals surface area contributed by atoms with Crippen LogP contribution in [-0.2, 0) is 17.8 Å². The summed E-state index contributed by atoms with van der Waals surface area (Å²) in [6.07, 6.45) is 0.943. The highest BCUT2D eigenvalue weighted by Crippen LogP contribution is 2.29. The van der Waals surface area contributed by atoms with Gasteiger partial charge in [-0.3, -0.25) is 9.69 Å². The Labute approximate surface area is 140 Å². The summed E-state index contributed by atoms with van der Waals surface area (Å²) >= 11 is 7.54. The standard InChI is InChI=1S/C17H19ClN2OS/c1-12(19(2)11-14-7-8-16(18)22-14)17(21)20-10-9-13-5-3-4-6-15(13)20/h3-8,12H,9-11H2,1-2H3. The van der Waals surface area contributed by atoms with Crippen LogP contribution in [0.3, 0.4) is 0 Å². The van der Waals surface area contributed by atoms with E-state index in [1.807, 2.05) is 49.2 Å². The summed E-state index contributed by atoms with van der Waals surface area (Å²) < 4.78 is 0.788. The lowest BCUT2D eigenvalue weighted by Gasteiger charge is -2.28. The first-order chi connectivity index (χ1) is 10.6. The van der Waals surface area contributed by atoms with E-state index in [1.54, 1.807) is 11.3 Å². The molecule has 2 heterocycles. The predicted molar refractivity (Wildman–Crippen MR) is 92.8 cm³/mol. The number of amides is 1. The topological polar surface area (TPSA) is 23.6 Å². The van der Waals surface area contributed by atoms with Gasteiger partial charge in [0.15, 0.2) is 0 Å². The second-order valence-electron chi connectivity index (χ2n) is 5.67.